The number of nitrogen functional groups attached to an aromatic ring is 1. The zero-order valence-electron chi connectivity index (χ0n) is 14.8. The zero-order chi connectivity index (χ0) is 18.6. The third-order valence-electron chi connectivity index (χ3n) is 4.40. The minimum absolute atomic E-state index is 0.163. The second-order valence-electron chi connectivity index (χ2n) is 6.40. The van der Waals surface area contributed by atoms with Crippen LogP contribution in [0, 0.1) is 6.92 Å². The molecule has 140 valence electrons. The summed E-state index contributed by atoms with van der Waals surface area (Å²) in [5.41, 5.74) is 10.1. The van der Waals surface area contributed by atoms with E-state index in [1.165, 1.54) is 19.2 Å². The van der Waals surface area contributed by atoms with Gasteiger partial charge in [-0.15, -0.1) is 4.83 Å². The molecule has 0 radical (unpaired) electrons. The van der Waals surface area contributed by atoms with Crippen molar-refractivity contribution >= 4 is 27.3 Å². The van der Waals surface area contributed by atoms with Crippen LogP contribution in [0.3, 0.4) is 0 Å². The first-order chi connectivity index (χ1) is 12.5. The third kappa shape index (κ3) is 4.23. The second kappa shape index (κ2) is 7.88. The summed E-state index contributed by atoms with van der Waals surface area (Å²) in [6.07, 6.45) is 5.96. The highest BCUT2D eigenvalue weighted by atomic mass is 32.2. The Morgan fingerprint density at radius 2 is 1.69 bits per heavy atom. The summed E-state index contributed by atoms with van der Waals surface area (Å²) in [5.74, 6) is 0.883. The standard InChI is InChI=1S/C17H24N6O2S/c1-13-6-8-14(9-7-13)26(24,25)22-21-16-15(18)17(20-12-19-16)23-10-4-2-3-5-11-23/h6-9,12,22H,2-5,10-11,18H2,1H3,(H,19,20,21). The molecular formula is C17H24N6O2S. The maximum atomic E-state index is 12.4. The van der Waals surface area contributed by atoms with Gasteiger partial charge in [0.15, 0.2) is 11.6 Å². The molecule has 0 unspecified atom stereocenters. The van der Waals surface area contributed by atoms with E-state index in [1.807, 2.05) is 6.92 Å². The summed E-state index contributed by atoms with van der Waals surface area (Å²) >= 11 is 0. The van der Waals surface area contributed by atoms with Crippen LogP contribution >= 0.6 is 0 Å². The van der Waals surface area contributed by atoms with Gasteiger partial charge in [0.25, 0.3) is 10.0 Å². The Kier molecular flexibility index (Phi) is 5.58. The Bertz CT molecular complexity index is 846. The van der Waals surface area contributed by atoms with Gasteiger partial charge in [-0.1, -0.05) is 30.5 Å². The fourth-order valence-corrected chi connectivity index (χ4v) is 3.76. The average Bonchev–Trinajstić information content (AvgIpc) is 2.90. The summed E-state index contributed by atoms with van der Waals surface area (Å²) in [6.45, 7) is 3.67. The first kappa shape index (κ1) is 18.4. The van der Waals surface area contributed by atoms with Gasteiger partial charge in [0.1, 0.15) is 12.0 Å². The van der Waals surface area contributed by atoms with Crippen molar-refractivity contribution in [1.29, 1.82) is 0 Å². The lowest BCUT2D eigenvalue weighted by atomic mass is 10.2. The summed E-state index contributed by atoms with van der Waals surface area (Å²) in [5, 5.41) is 0. The first-order valence-corrected chi connectivity index (χ1v) is 10.2. The molecule has 0 saturated carbocycles. The molecule has 1 aliphatic heterocycles. The number of nitrogens with one attached hydrogen (secondary N) is 2. The molecule has 1 aliphatic rings. The maximum Gasteiger partial charge on any atom is 0.257 e. The number of benzene rings is 1. The van der Waals surface area contributed by atoms with Gasteiger partial charge in [-0.2, -0.15) is 0 Å². The number of hydrogen-bond acceptors (Lipinski definition) is 7. The predicted molar refractivity (Wildman–Crippen MR) is 102 cm³/mol. The van der Waals surface area contributed by atoms with Gasteiger partial charge in [-0.05, 0) is 31.9 Å². The van der Waals surface area contributed by atoms with Gasteiger partial charge in [0.05, 0.1) is 4.90 Å². The summed E-state index contributed by atoms with van der Waals surface area (Å²) < 4.78 is 24.8. The van der Waals surface area contributed by atoms with Crippen LogP contribution < -0.4 is 20.9 Å². The van der Waals surface area contributed by atoms with E-state index in [2.05, 4.69) is 25.1 Å². The Morgan fingerprint density at radius 3 is 2.35 bits per heavy atom. The SMILES string of the molecule is Cc1ccc(S(=O)(=O)NNc2ncnc(N3CCCCCC3)c2N)cc1. The highest BCUT2D eigenvalue weighted by Gasteiger charge is 2.18. The van der Waals surface area contributed by atoms with Crippen molar-refractivity contribution in [3.63, 3.8) is 0 Å². The lowest BCUT2D eigenvalue weighted by Gasteiger charge is -2.23. The van der Waals surface area contributed by atoms with Gasteiger partial charge >= 0.3 is 0 Å². The van der Waals surface area contributed by atoms with Gasteiger partial charge in [-0.25, -0.2) is 18.4 Å². The predicted octanol–water partition coefficient (Wildman–Crippen LogP) is 2.05. The van der Waals surface area contributed by atoms with Gasteiger partial charge in [0, 0.05) is 13.1 Å². The van der Waals surface area contributed by atoms with Crippen molar-refractivity contribution in [2.24, 2.45) is 0 Å². The Morgan fingerprint density at radius 1 is 1.04 bits per heavy atom. The summed E-state index contributed by atoms with van der Waals surface area (Å²) in [4.78, 5) is 13.0. The molecule has 4 N–H and O–H groups in total. The van der Waals surface area contributed by atoms with Crippen LogP contribution in [0.15, 0.2) is 35.5 Å². The quantitative estimate of drug-likeness (QED) is 0.684. The van der Waals surface area contributed by atoms with E-state index in [4.69, 9.17) is 5.73 Å². The fraction of sp³-hybridized carbons (Fsp3) is 0.412. The molecule has 0 atom stereocenters. The molecule has 0 spiro atoms. The maximum absolute atomic E-state index is 12.4. The molecule has 1 fully saturated rings. The van der Waals surface area contributed by atoms with Crippen LogP contribution in [0.5, 0.6) is 0 Å². The van der Waals surface area contributed by atoms with Crippen LogP contribution in [0.2, 0.25) is 0 Å². The van der Waals surface area contributed by atoms with Gasteiger partial charge in [0.2, 0.25) is 0 Å². The number of hydrazine groups is 1. The molecule has 26 heavy (non-hydrogen) atoms. The van der Waals surface area contributed by atoms with Crippen LogP contribution in [0.1, 0.15) is 31.2 Å². The zero-order valence-corrected chi connectivity index (χ0v) is 15.6. The number of anilines is 3. The summed E-state index contributed by atoms with van der Waals surface area (Å²) in [6, 6.07) is 6.58. The van der Waals surface area contributed by atoms with E-state index in [-0.39, 0.29) is 10.7 Å². The van der Waals surface area contributed by atoms with Crippen LogP contribution in [-0.4, -0.2) is 31.5 Å². The van der Waals surface area contributed by atoms with Crippen LogP contribution in [-0.2, 0) is 10.0 Å². The number of sulfonamides is 1. The fourth-order valence-electron chi connectivity index (χ4n) is 2.91. The normalized spacial score (nSPS) is 15.5. The molecule has 0 bridgehead atoms. The molecule has 2 heterocycles. The van der Waals surface area contributed by atoms with Crippen molar-refractivity contribution in [3.05, 3.63) is 36.2 Å². The summed E-state index contributed by atoms with van der Waals surface area (Å²) in [7, 11) is -3.73. The number of nitrogens with two attached hydrogens (primary N) is 1. The highest BCUT2D eigenvalue weighted by Crippen LogP contribution is 2.27. The van der Waals surface area contributed by atoms with Crippen LogP contribution in [0.4, 0.5) is 17.3 Å². The lowest BCUT2D eigenvalue weighted by molar-refractivity contribution is 0.587. The first-order valence-electron chi connectivity index (χ1n) is 8.67. The van der Waals surface area contributed by atoms with E-state index < -0.39 is 10.0 Å². The molecule has 1 aromatic heterocycles. The molecule has 1 aromatic carbocycles. The number of rotatable bonds is 5. The van der Waals surface area contributed by atoms with E-state index in [0.717, 1.165) is 31.5 Å². The molecule has 0 aliphatic carbocycles. The molecule has 2 aromatic rings. The monoisotopic (exact) mass is 376 g/mol. The average molecular weight is 376 g/mol. The second-order valence-corrected chi connectivity index (χ2v) is 8.09. The Hall–Kier alpha value is -2.39. The molecule has 3 rings (SSSR count). The van der Waals surface area contributed by atoms with E-state index in [0.29, 0.717) is 11.5 Å². The van der Waals surface area contributed by atoms with E-state index in [9.17, 15) is 8.42 Å². The third-order valence-corrected chi connectivity index (χ3v) is 5.67. The molecular weight excluding hydrogens is 352 g/mol. The van der Waals surface area contributed by atoms with Crippen LogP contribution in [0.25, 0.3) is 0 Å². The molecule has 0 amide bonds. The molecule has 8 nitrogen and oxygen atoms in total. The topological polar surface area (TPSA) is 113 Å². The van der Waals surface area contributed by atoms with Gasteiger partial charge < -0.3 is 10.6 Å². The van der Waals surface area contributed by atoms with Crippen molar-refractivity contribution in [2.75, 3.05) is 29.1 Å². The molecule has 1 saturated heterocycles. The van der Waals surface area contributed by atoms with Crippen molar-refractivity contribution < 1.29 is 8.42 Å². The minimum atomic E-state index is -3.73. The number of nitrogens with zero attached hydrogens (tertiary/aromatic N) is 3. The Balaban J connectivity index is 1.75. The lowest BCUT2D eigenvalue weighted by Crippen LogP contribution is -2.31. The van der Waals surface area contributed by atoms with Crippen molar-refractivity contribution in [3.8, 4) is 0 Å². The van der Waals surface area contributed by atoms with Crippen molar-refractivity contribution in [1.82, 2.24) is 14.8 Å². The van der Waals surface area contributed by atoms with E-state index >= 15 is 0 Å². The molecule has 9 heteroatoms. The van der Waals surface area contributed by atoms with E-state index in [1.54, 1.807) is 24.3 Å². The van der Waals surface area contributed by atoms with Crippen molar-refractivity contribution in [2.45, 2.75) is 37.5 Å². The number of hydrogen-bond donors (Lipinski definition) is 3. The minimum Gasteiger partial charge on any atom is -0.393 e. The van der Waals surface area contributed by atoms with Gasteiger partial charge in [-0.3, -0.25) is 5.43 Å². The smallest absolute Gasteiger partial charge is 0.257 e. The number of aromatic nitrogens is 2. The largest absolute Gasteiger partial charge is 0.393 e. The number of aryl methyl sites for hydroxylation is 1. The highest BCUT2D eigenvalue weighted by molar-refractivity contribution is 7.89. The Labute approximate surface area is 153 Å².